The van der Waals surface area contributed by atoms with E-state index < -0.39 is 0 Å². The minimum atomic E-state index is -0.140. The number of likely N-dealkylation sites (N-methyl/N-ethyl adjacent to an activating group) is 1. The molecule has 0 aliphatic carbocycles. The van der Waals surface area contributed by atoms with Gasteiger partial charge < -0.3 is 14.5 Å². The topological polar surface area (TPSA) is 32.8 Å². The summed E-state index contributed by atoms with van der Waals surface area (Å²) in [6, 6.07) is 0. The number of rotatable bonds is 1. The van der Waals surface area contributed by atoms with Crippen molar-refractivity contribution >= 4 is 5.91 Å². The second-order valence-electron chi connectivity index (χ2n) is 4.84. The highest BCUT2D eigenvalue weighted by atomic mass is 16.5. The molecule has 1 amide bonds. The molecular formula is C13H26N2O2. The van der Waals surface area contributed by atoms with Gasteiger partial charge in [0.2, 0.25) is 0 Å². The van der Waals surface area contributed by atoms with Crippen LogP contribution in [0.1, 0.15) is 33.1 Å². The van der Waals surface area contributed by atoms with Gasteiger partial charge in [0.25, 0.3) is 5.91 Å². The van der Waals surface area contributed by atoms with Crippen LogP contribution in [-0.4, -0.2) is 61.6 Å². The smallest absolute Gasteiger partial charge is 0.251 e. The number of nitrogens with zero attached hydrogens (tertiary/aromatic N) is 2. The van der Waals surface area contributed by atoms with Crippen molar-refractivity contribution in [2.24, 2.45) is 0 Å². The molecule has 1 atom stereocenters. The molecule has 0 bridgehead atoms. The van der Waals surface area contributed by atoms with Crippen molar-refractivity contribution in [3.63, 3.8) is 0 Å². The molecule has 100 valence electrons. The average Bonchev–Trinajstić information content (AvgIpc) is 2.83. The molecule has 0 aromatic heterocycles. The lowest BCUT2D eigenvalue weighted by Gasteiger charge is -2.33. The maximum atomic E-state index is 11.9. The first-order valence-corrected chi connectivity index (χ1v) is 6.78. The Morgan fingerprint density at radius 2 is 1.82 bits per heavy atom. The number of hydrogen-bond acceptors (Lipinski definition) is 3. The van der Waals surface area contributed by atoms with Crippen molar-refractivity contribution in [3.05, 3.63) is 0 Å². The van der Waals surface area contributed by atoms with E-state index in [9.17, 15) is 4.79 Å². The summed E-state index contributed by atoms with van der Waals surface area (Å²) in [5.41, 5.74) is 0. The standard InChI is InChI=1S/C10H18N2O2.C3H8/c1-11-4-6-12(7-5-11)10(13)9-3-2-8-14-9;1-3-2/h9H,2-8H2,1H3;3H2,1-2H3. The van der Waals surface area contributed by atoms with E-state index in [0.717, 1.165) is 45.6 Å². The van der Waals surface area contributed by atoms with Crippen LogP contribution in [0, 0.1) is 0 Å². The van der Waals surface area contributed by atoms with Gasteiger partial charge in [-0.1, -0.05) is 20.3 Å². The first kappa shape index (κ1) is 14.5. The fraction of sp³-hybridized carbons (Fsp3) is 0.923. The molecular weight excluding hydrogens is 216 g/mol. The summed E-state index contributed by atoms with van der Waals surface area (Å²) < 4.78 is 5.39. The van der Waals surface area contributed by atoms with Crippen molar-refractivity contribution in [2.45, 2.75) is 39.2 Å². The van der Waals surface area contributed by atoms with Gasteiger partial charge in [0.1, 0.15) is 6.10 Å². The van der Waals surface area contributed by atoms with Crippen LogP contribution in [0.15, 0.2) is 0 Å². The normalized spacial score (nSPS) is 25.4. The zero-order valence-corrected chi connectivity index (χ0v) is 11.4. The predicted molar refractivity (Wildman–Crippen MR) is 69.0 cm³/mol. The first-order chi connectivity index (χ1) is 8.19. The van der Waals surface area contributed by atoms with Crippen LogP contribution in [0.5, 0.6) is 0 Å². The molecule has 0 aromatic carbocycles. The Morgan fingerprint density at radius 1 is 1.24 bits per heavy atom. The number of hydrogen-bond donors (Lipinski definition) is 0. The SMILES string of the molecule is CCC.CN1CCN(C(=O)C2CCCO2)CC1. The largest absolute Gasteiger partial charge is 0.368 e. The van der Waals surface area contributed by atoms with E-state index in [-0.39, 0.29) is 12.0 Å². The molecule has 2 aliphatic rings. The maximum absolute atomic E-state index is 11.9. The molecule has 1 unspecified atom stereocenters. The molecule has 0 radical (unpaired) electrons. The summed E-state index contributed by atoms with van der Waals surface area (Å²) in [5, 5.41) is 0. The number of carbonyl (C=O) groups excluding carboxylic acids is 1. The first-order valence-electron chi connectivity index (χ1n) is 6.78. The Kier molecular flexibility index (Phi) is 6.52. The van der Waals surface area contributed by atoms with Gasteiger partial charge >= 0.3 is 0 Å². The van der Waals surface area contributed by atoms with E-state index in [4.69, 9.17) is 4.74 Å². The molecule has 0 N–H and O–H groups in total. The summed E-state index contributed by atoms with van der Waals surface area (Å²) in [4.78, 5) is 16.1. The van der Waals surface area contributed by atoms with Crippen LogP contribution >= 0.6 is 0 Å². The highest BCUT2D eigenvalue weighted by Crippen LogP contribution is 2.15. The Bertz CT molecular complexity index is 219. The Morgan fingerprint density at radius 3 is 2.29 bits per heavy atom. The van der Waals surface area contributed by atoms with Crippen molar-refractivity contribution in [2.75, 3.05) is 39.8 Å². The summed E-state index contributed by atoms with van der Waals surface area (Å²) in [5.74, 6) is 0.204. The lowest BCUT2D eigenvalue weighted by Crippen LogP contribution is -2.50. The highest BCUT2D eigenvalue weighted by molar-refractivity contribution is 5.81. The second-order valence-corrected chi connectivity index (χ2v) is 4.84. The zero-order valence-electron chi connectivity index (χ0n) is 11.4. The lowest BCUT2D eigenvalue weighted by atomic mass is 10.2. The molecule has 0 aromatic rings. The Hall–Kier alpha value is -0.610. The minimum Gasteiger partial charge on any atom is -0.368 e. The quantitative estimate of drug-likeness (QED) is 0.696. The molecule has 4 nitrogen and oxygen atoms in total. The van der Waals surface area contributed by atoms with Gasteiger partial charge in [0, 0.05) is 32.8 Å². The van der Waals surface area contributed by atoms with E-state index in [2.05, 4.69) is 25.8 Å². The van der Waals surface area contributed by atoms with E-state index in [1.54, 1.807) is 0 Å². The lowest BCUT2D eigenvalue weighted by molar-refractivity contribution is -0.142. The van der Waals surface area contributed by atoms with Crippen LogP contribution in [-0.2, 0) is 9.53 Å². The van der Waals surface area contributed by atoms with Crippen LogP contribution in [0.25, 0.3) is 0 Å². The summed E-state index contributed by atoms with van der Waals surface area (Å²) in [6.45, 7) is 8.69. The maximum Gasteiger partial charge on any atom is 0.251 e. The van der Waals surface area contributed by atoms with E-state index >= 15 is 0 Å². The molecule has 17 heavy (non-hydrogen) atoms. The van der Waals surface area contributed by atoms with Crippen molar-refractivity contribution in [1.82, 2.24) is 9.80 Å². The number of ether oxygens (including phenoxy) is 1. The number of piperazine rings is 1. The minimum absolute atomic E-state index is 0.140. The average molecular weight is 242 g/mol. The summed E-state index contributed by atoms with van der Waals surface area (Å²) in [7, 11) is 2.09. The third-order valence-corrected chi connectivity index (χ3v) is 3.02. The summed E-state index contributed by atoms with van der Waals surface area (Å²) >= 11 is 0. The van der Waals surface area contributed by atoms with E-state index in [1.807, 2.05) is 4.90 Å². The van der Waals surface area contributed by atoms with Crippen LogP contribution in [0.3, 0.4) is 0 Å². The molecule has 2 rings (SSSR count). The van der Waals surface area contributed by atoms with Gasteiger partial charge in [-0.25, -0.2) is 0 Å². The fourth-order valence-electron chi connectivity index (χ4n) is 2.00. The van der Waals surface area contributed by atoms with Gasteiger partial charge in [0.15, 0.2) is 0 Å². The molecule has 2 aliphatic heterocycles. The van der Waals surface area contributed by atoms with Crippen LogP contribution in [0.4, 0.5) is 0 Å². The molecule has 0 spiro atoms. The molecule has 2 heterocycles. The molecule has 2 saturated heterocycles. The van der Waals surface area contributed by atoms with E-state index in [0.29, 0.717) is 0 Å². The second kappa shape index (κ2) is 7.67. The highest BCUT2D eigenvalue weighted by Gasteiger charge is 2.29. The Labute approximate surface area is 105 Å². The Balaban J connectivity index is 0.000000437. The van der Waals surface area contributed by atoms with E-state index in [1.165, 1.54) is 6.42 Å². The molecule has 2 fully saturated rings. The van der Waals surface area contributed by atoms with Crippen LogP contribution < -0.4 is 0 Å². The van der Waals surface area contributed by atoms with Crippen molar-refractivity contribution in [1.29, 1.82) is 0 Å². The molecule has 0 saturated carbocycles. The molecule has 4 heteroatoms. The number of amides is 1. The monoisotopic (exact) mass is 242 g/mol. The third-order valence-electron chi connectivity index (χ3n) is 3.02. The summed E-state index contributed by atoms with van der Waals surface area (Å²) in [6.07, 6.45) is 3.05. The zero-order chi connectivity index (χ0) is 12.7. The third kappa shape index (κ3) is 4.64. The van der Waals surface area contributed by atoms with Crippen molar-refractivity contribution in [3.8, 4) is 0 Å². The van der Waals surface area contributed by atoms with Crippen molar-refractivity contribution < 1.29 is 9.53 Å². The predicted octanol–water partition coefficient (Wildman–Crippen LogP) is 1.36. The van der Waals surface area contributed by atoms with Gasteiger partial charge in [-0.05, 0) is 19.9 Å². The van der Waals surface area contributed by atoms with Gasteiger partial charge in [-0.15, -0.1) is 0 Å². The fourth-order valence-corrected chi connectivity index (χ4v) is 2.00. The number of carbonyl (C=O) groups is 1. The van der Waals surface area contributed by atoms with Gasteiger partial charge in [0.05, 0.1) is 0 Å². The van der Waals surface area contributed by atoms with Crippen LogP contribution in [0.2, 0.25) is 0 Å². The van der Waals surface area contributed by atoms with Gasteiger partial charge in [-0.3, -0.25) is 4.79 Å². The van der Waals surface area contributed by atoms with Gasteiger partial charge in [-0.2, -0.15) is 0 Å².